The van der Waals surface area contributed by atoms with Gasteiger partial charge in [0.15, 0.2) is 0 Å². The summed E-state index contributed by atoms with van der Waals surface area (Å²) >= 11 is 3.25. The predicted octanol–water partition coefficient (Wildman–Crippen LogP) is 2.02. The zero-order chi connectivity index (χ0) is 9.19. The first kappa shape index (κ1) is 9.67. The van der Waals surface area contributed by atoms with Crippen molar-refractivity contribution in [3.8, 4) is 0 Å². The van der Waals surface area contributed by atoms with Crippen LogP contribution in [0.15, 0.2) is 22.9 Å². The van der Waals surface area contributed by atoms with Gasteiger partial charge in [-0.3, -0.25) is 9.76 Å². The van der Waals surface area contributed by atoms with Crippen LogP contribution in [0.25, 0.3) is 0 Å². The molecule has 0 spiro atoms. The molecule has 0 aliphatic carbocycles. The molecule has 1 N–H and O–H groups in total. The Hall–Kier alpha value is -0.420. The van der Waals surface area contributed by atoms with Crippen LogP contribution >= 0.6 is 15.9 Å². The second-order valence-corrected chi connectivity index (χ2v) is 5.88. The van der Waals surface area contributed by atoms with E-state index in [0.29, 0.717) is 0 Å². The Bertz CT molecular complexity index is 375. The summed E-state index contributed by atoms with van der Waals surface area (Å²) in [5.41, 5.74) is 0.826. The third-order valence-electron chi connectivity index (χ3n) is 1.20. The smallest absolute Gasteiger partial charge is 0.0579 e. The highest BCUT2D eigenvalue weighted by Gasteiger charge is 2.01. The highest BCUT2D eigenvalue weighted by atomic mass is 79.9. The summed E-state index contributed by atoms with van der Waals surface area (Å²) in [6.07, 6.45) is 4.71. The van der Waals surface area contributed by atoms with Crippen molar-refractivity contribution in [3.63, 3.8) is 0 Å². The molecule has 0 fully saturated rings. The number of aromatic nitrogens is 1. The van der Waals surface area contributed by atoms with E-state index in [1.807, 2.05) is 6.07 Å². The molecule has 1 unspecified atom stereocenters. The molecule has 0 radical (unpaired) electrons. The van der Waals surface area contributed by atoms with E-state index in [1.54, 1.807) is 12.4 Å². The lowest BCUT2D eigenvalue weighted by atomic mass is 10.3. The maximum Gasteiger partial charge on any atom is 0.0579 e. The Morgan fingerprint density at radius 3 is 2.83 bits per heavy atom. The lowest BCUT2D eigenvalue weighted by Gasteiger charge is -2.00. The normalized spacial score (nSPS) is 15.5. The third kappa shape index (κ3) is 3.32. The maximum atomic E-state index is 11.1. The molecule has 0 amide bonds. The number of nitrogens with zero attached hydrogens (tertiary/aromatic N) is 1. The van der Waals surface area contributed by atoms with E-state index >= 15 is 0 Å². The van der Waals surface area contributed by atoms with Crippen LogP contribution in [0.1, 0.15) is 5.56 Å². The van der Waals surface area contributed by atoms with Gasteiger partial charge in [0.2, 0.25) is 0 Å². The van der Waals surface area contributed by atoms with Gasteiger partial charge in [0.25, 0.3) is 0 Å². The Kier molecular flexibility index (Phi) is 2.85. The van der Waals surface area contributed by atoms with E-state index in [2.05, 4.69) is 20.9 Å². The predicted molar refractivity (Wildman–Crippen MR) is 52.4 cm³/mol. The van der Waals surface area contributed by atoms with Crippen molar-refractivity contribution < 1.29 is 4.21 Å². The van der Waals surface area contributed by atoms with Crippen LogP contribution in [0.5, 0.6) is 0 Å². The molecule has 1 aromatic heterocycles. The van der Waals surface area contributed by atoms with Crippen molar-refractivity contribution in [2.45, 2.75) is 5.75 Å². The van der Waals surface area contributed by atoms with Gasteiger partial charge in [-0.1, -0.05) is 0 Å². The molecule has 0 aliphatic rings. The van der Waals surface area contributed by atoms with Crippen LogP contribution in [-0.2, 0) is 15.5 Å². The van der Waals surface area contributed by atoms with Crippen LogP contribution < -0.4 is 0 Å². The second-order valence-electron chi connectivity index (χ2n) is 2.66. The zero-order valence-corrected chi connectivity index (χ0v) is 8.98. The molecule has 66 valence electrons. The van der Waals surface area contributed by atoms with Gasteiger partial charge >= 0.3 is 0 Å². The highest BCUT2D eigenvalue weighted by molar-refractivity contribution is 9.10. The van der Waals surface area contributed by atoms with E-state index < -0.39 is 9.73 Å². The Balaban J connectivity index is 2.91. The van der Waals surface area contributed by atoms with Crippen molar-refractivity contribution in [1.82, 2.24) is 4.98 Å². The minimum absolute atomic E-state index is 0.263. The summed E-state index contributed by atoms with van der Waals surface area (Å²) in [6, 6.07) is 1.82. The molecule has 3 nitrogen and oxygen atoms in total. The minimum Gasteiger partial charge on any atom is -0.263 e. The molecule has 1 atom stereocenters. The molecule has 1 aromatic rings. The van der Waals surface area contributed by atoms with Gasteiger partial charge in [0.05, 0.1) is 5.75 Å². The van der Waals surface area contributed by atoms with Gasteiger partial charge in [-0.2, -0.15) is 0 Å². The lowest BCUT2D eigenvalue weighted by Crippen LogP contribution is -1.98. The summed E-state index contributed by atoms with van der Waals surface area (Å²) in [5, 5.41) is 0. The first-order chi connectivity index (χ1) is 5.47. The van der Waals surface area contributed by atoms with E-state index in [0.717, 1.165) is 10.0 Å². The first-order valence-corrected chi connectivity index (χ1v) is 6.21. The molecule has 1 rings (SSSR count). The van der Waals surface area contributed by atoms with Crippen molar-refractivity contribution in [2.24, 2.45) is 0 Å². The highest BCUT2D eigenvalue weighted by Crippen LogP contribution is 2.11. The number of pyridine rings is 1. The summed E-state index contributed by atoms with van der Waals surface area (Å²) in [7, 11) is -2.45. The lowest BCUT2D eigenvalue weighted by molar-refractivity contribution is 0.678. The van der Waals surface area contributed by atoms with Gasteiger partial charge in [-0.05, 0) is 27.6 Å². The minimum atomic E-state index is -2.45. The standard InChI is InChI=1S/C7H9BrN2OS/c1-12(9,11)5-6-2-7(8)4-10-3-6/h2-4,9H,5H2,1H3. The SMILES string of the molecule is CS(=N)(=O)Cc1cncc(Br)c1. The van der Waals surface area contributed by atoms with Crippen LogP contribution in [0.4, 0.5) is 0 Å². The average Bonchev–Trinajstić information content (AvgIpc) is 1.82. The number of hydrogen-bond donors (Lipinski definition) is 1. The second kappa shape index (κ2) is 3.53. The largest absolute Gasteiger partial charge is 0.263 e. The van der Waals surface area contributed by atoms with Crippen molar-refractivity contribution in [1.29, 1.82) is 4.78 Å². The molecule has 0 aromatic carbocycles. The Labute approximate surface area is 80.3 Å². The van der Waals surface area contributed by atoms with Crippen LogP contribution in [-0.4, -0.2) is 15.4 Å². The average molecular weight is 249 g/mol. The molecule has 5 heteroatoms. The summed E-state index contributed by atoms with van der Waals surface area (Å²) in [4.78, 5) is 3.91. The summed E-state index contributed by atoms with van der Waals surface area (Å²) in [6.45, 7) is 0. The molecule has 12 heavy (non-hydrogen) atoms. The molecule has 0 saturated heterocycles. The topological polar surface area (TPSA) is 53.8 Å². The summed E-state index contributed by atoms with van der Waals surface area (Å²) in [5.74, 6) is 0.263. The fraction of sp³-hybridized carbons (Fsp3) is 0.286. The Morgan fingerprint density at radius 1 is 1.67 bits per heavy atom. The van der Waals surface area contributed by atoms with E-state index in [4.69, 9.17) is 4.78 Å². The van der Waals surface area contributed by atoms with E-state index in [9.17, 15) is 4.21 Å². The van der Waals surface area contributed by atoms with E-state index in [-0.39, 0.29) is 5.75 Å². The first-order valence-electron chi connectivity index (χ1n) is 3.28. The van der Waals surface area contributed by atoms with Crippen molar-refractivity contribution >= 4 is 25.7 Å². The van der Waals surface area contributed by atoms with Crippen LogP contribution in [0, 0.1) is 4.78 Å². The summed E-state index contributed by atoms with van der Waals surface area (Å²) < 4.78 is 19.2. The van der Waals surface area contributed by atoms with Crippen LogP contribution in [0.3, 0.4) is 0 Å². The number of halogens is 1. The molecule has 0 aliphatic heterocycles. The molecular weight excluding hydrogens is 240 g/mol. The van der Waals surface area contributed by atoms with Gasteiger partial charge in [0, 0.05) is 32.9 Å². The van der Waals surface area contributed by atoms with Gasteiger partial charge in [0.1, 0.15) is 0 Å². The van der Waals surface area contributed by atoms with Gasteiger partial charge in [-0.15, -0.1) is 0 Å². The number of nitrogens with one attached hydrogen (secondary N) is 1. The van der Waals surface area contributed by atoms with E-state index in [1.165, 1.54) is 6.26 Å². The van der Waals surface area contributed by atoms with Crippen molar-refractivity contribution in [3.05, 3.63) is 28.5 Å². The molecule has 1 heterocycles. The molecule has 0 bridgehead atoms. The monoisotopic (exact) mass is 248 g/mol. The fourth-order valence-electron chi connectivity index (χ4n) is 0.853. The molecular formula is C7H9BrN2OS. The Morgan fingerprint density at radius 2 is 2.33 bits per heavy atom. The quantitative estimate of drug-likeness (QED) is 0.871. The zero-order valence-electron chi connectivity index (χ0n) is 6.58. The van der Waals surface area contributed by atoms with Crippen LogP contribution in [0.2, 0.25) is 0 Å². The maximum absolute atomic E-state index is 11.1. The number of hydrogen-bond acceptors (Lipinski definition) is 3. The number of rotatable bonds is 2. The van der Waals surface area contributed by atoms with Gasteiger partial charge < -0.3 is 0 Å². The van der Waals surface area contributed by atoms with Crippen molar-refractivity contribution in [2.75, 3.05) is 6.26 Å². The third-order valence-corrected chi connectivity index (χ3v) is 2.52. The van der Waals surface area contributed by atoms with Gasteiger partial charge in [-0.25, -0.2) is 4.21 Å². The molecule has 0 saturated carbocycles. The fourth-order valence-corrected chi connectivity index (χ4v) is 2.06.